The van der Waals surface area contributed by atoms with Gasteiger partial charge >= 0.3 is 0 Å². The van der Waals surface area contributed by atoms with Crippen LogP contribution in [0, 0.1) is 0 Å². The van der Waals surface area contributed by atoms with Crippen molar-refractivity contribution in [3.8, 4) is 11.5 Å². The minimum atomic E-state index is 0.365. The number of ether oxygens (including phenoxy) is 2. The van der Waals surface area contributed by atoms with Gasteiger partial charge in [0.05, 0.1) is 0 Å². The number of unbranched alkanes of at least 4 members (excludes halogenated alkanes) is 3. The fourth-order valence-electron chi connectivity index (χ4n) is 2.65. The number of rotatable bonds is 7. The molecule has 0 saturated carbocycles. The molecule has 3 heteroatoms. The standard InChI is InChI=1S/C16H23BrO2/c1-12(2)15-13(7-5-3-4-6-10-17)8-9-14-16(15)19-11-18-14/h8-9,12H,3-7,10-11H2,1-2H3. The Kier molecular flexibility index (Phi) is 5.56. The van der Waals surface area contributed by atoms with Crippen molar-refractivity contribution < 1.29 is 9.47 Å². The minimum Gasteiger partial charge on any atom is -0.454 e. The fourth-order valence-corrected chi connectivity index (χ4v) is 3.05. The number of hydrogen-bond acceptors (Lipinski definition) is 2. The monoisotopic (exact) mass is 326 g/mol. The van der Waals surface area contributed by atoms with Crippen LogP contribution in [0.5, 0.6) is 11.5 Å². The van der Waals surface area contributed by atoms with Crippen molar-refractivity contribution in [3.63, 3.8) is 0 Å². The molecule has 19 heavy (non-hydrogen) atoms. The van der Waals surface area contributed by atoms with Crippen molar-refractivity contribution in [2.45, 2.75) is 51.9 Å². The lowest BCUT2D eigenvalue weighted by atomic mass is 9.92. The van der Waals surface area contributed by atoms with Crippen LogP contribution in [0.15, 0.2) is 12.1 Å². The second-order valence-corrected chi connectivity index (χ2v) is 6.17. The molecular formula is C16H23BrO2. The summed E-state index contributed by atoms with van der Waals surface area (Å²) in [6.07, 6.45) is 6.29. The summed E-state index contributed by atoms with van der Waals surface area (Å²) in [5, 5.41) is 1.12. The molecule has 0 amide bonds. The average molecular weight is 327 g/mol. The van der Waals surface area contributed by atoms with Gasteiger partial charge in [0.2, 0.25) is 6.79 Å². The summed E-state index contributed by atoms with van der Waals surface area (Å²) in [4.78, 5) is 0. The highest BCUT2D eigenvalue weighted by molar-refractivity contribution is 9.09. The van der Waals surface area contributed by atoms with Gasteiger partial charge in [-0.25, -0.2) is 0 Å². The predicted octanol–water partition coefficient (Wildman–Crippen LogP) is 5.04. The summed E-state index contributed by atoms with van der Waals surface area (Å²) in [5.74, 6) is 2.37. The van der Waals surface area contributed by atoms with Crippen LogP contribution in [0.4, 0.5) is 0 Å². The van der Waals surface area contributed by atoms with E-state index >= 15 is 0 Å². The van der Waals surface area contributed by atoms with E-state index in [1.807, 2.05) is 0 Å². The molecule has 106 valence electrons. The molecule has 0 spiro atoms. The summed E-state index contributed by atoms with van der Waals surface area (Å²) >= 11 is 3.48. The number of hydrogen-bond donors (Lipinski definition) is 0. The first-order chi connectivity index (χ1) is 9.24. The highest BCUT2D eigenvalue weighted by atomic mass is 79.9. The molecule has 0 fully saturated rings. The third-order valence-electron chi connectivity index (χ3n) is 3.58. The van der Waals surface area contributed by atoms with Gasteiger partial charge in [-0.2, -0.15) is 0 Å². The van der Waals surface area contributed by atoms with Gasteiger partial charge in [0.1, 0.15) is 0 Å². The Bertz CT molecular complexity index is 415. The lowest BCUT2D eigenvalue weighted by Gasteiger charge is -2.15. The normalized spacial score (nSPS) is 13.3. The minimum absolute atomic E-state index is 0.365. The Morgan fingerprint density at radius 2 is 1.89 bits per heavy atom. The Labute approximate surface area is 124 Å². The molecule has 0 aliphatic carbocycles. The van der Waals surface area contributed by atoms with E-state index in [0.717, 1.165) is 23.2 Å². The van der Waals surface area contributed by atoms with Crippen LogP contribution >= 0.6 is 15.9 Å². The van der Waals surface area contributed by atoms with E-state index in [9.17, 15) is 0 Å². The zero-order chi connectivity index (χ0) is 13.7. The lowest BCUT2D eigenvalue weighted by Crippen LogP contribution is -2.00. The van der Waals surface area contributed by atoms with Crippen LogP contribution in [0.3, 0.4) is 0 Å². The summed E-state index contributed by atoms with van der Waals surface area (Å²) in [5.41, 5.74) is 2.77. The highest BCUT2D eigenvalue weighted by Crippen LogP contribution is 2.41. The van der Waals surface area contributed by atoms with Gasteiger partial charge in [0.25, 0.3) is 0 Å². The molecule has 0 bridgehead atoms. The molecule has 0 aromatic heterocycles. The first kappa shape index (κ1) is 14.7. The molecule has 0 radical (unpaired) electrons. The van der Waals surface area contributed by atoms with Gasteiger partial charge in [-0.05, 0) is 36.8 Å². The van der Waals surface area contributed by atoms with Crippen molar-refractivity contribution >= 4 is 15.9 Å². The molecule has 0 atom stereocenters. The zero-order valence-electron chi connectivity index (χ0n) is 11.9. The van der Waals surface area contributed by atoms with Crippen molar-refractivity contribution in [1.82, 2.24) is 0 Å². The molecule has 1 aromatic carbocycles. The third-order valence-corrected chi connectivity index (χ3v) is 4.14. The maximum absolute atomic E-state index is 5.65. The molecule has 2 rings (SSSR count). The molecule has 0 unspecified atom stereocenters. The topological polar surface area (TPSA) is 18.5 Å². The van der Waals surface area contributed by atoms with E-state index in [-0.39, 0.29) is 0 Å². The zero-order valence-corrected chi connectivity index (χ0v) is 13.5. The SMILES string of the molecule is CC(C)c1c(CCCCCCBr)ccc2c1OCO2. The smallest absolute Gasteiger partial charge is 0.231 e. The van der Waals surface area contributed by atoms with Gasteiger partial charge in [-0.15, -0.1) is 0 Å². The summed E-state index contributed by atoms with van der Waals surface area (Å²) in [6.45, 7) is 4.82. The number of fused-ring (bicyclic) bond motifs is 1. The van der Waals surface area contributed by atoms with Crippen molar-refractivity contribution in [1.29, 1.82) is 0 Å². The highest BCUT2D eigenvalue weighted by Gasteiger charge is 2.22. The molecular weight excluding hydrogens is 304 g/mol. The van der Waals surface area contributed by atoms with Crippen molar-refractivity contribution in [3.05, 3.63) is 23.3 Å². The molecule has 2 nitrogen and oxygen atoms in total. The van der Waals surface area contributed by atoms with E-state index in [1.165, 1.54) is 36.8 Å². The summed E-state index contributed by atoms with van der Waals surface area (Å²) in [7, 11) is 0. The quantitative estimate of drug-likeness (QED) is 0.516. The van der Waals surface area contributed by atoms with Crippen molar-refractivity contribution in [2.75, 3.05) is 12.1 Å². The summed E-state index contributed by atoms with van der Waals surface area (Å²) in [6, 6.07) is 4.27. The molecule has 1 heterocycles. The van der Waals surface area contributed by atoms with Gasteiger partial charge in [-0.3, -0.25) is 0 Å². The Balaban J connectivity index is 2.04. The van der Waals surface area contributed by atoms with E-state index in [2.05, 4.69) is 41.9 Å². The van der Waals surface area contributed by atoms with Crippen LogP contribution in [0.1, 0.15) is 56.6 Å². The van der Waals surface area contributed by atoms with Gasteiger partial charge < -0.3 is 9.47 Å². The van der Waals surface area contributed by atoms with E-state index in [4.69, 9.17) is 9.47 Å². The van der Waals surface area contributed by atoms with Crippen LogP contribution in [-0.2, 0) is 6.42 Å². The first-order valence-electron chi connectivity index (χ1n) is 7.21. The molecule has 1 aliphatic rings. The number of halogens is 1. The maximum Gasteiger partial charge on any atom is 0.231 e. The van der Waals surface area contributed by atoms with Crippen molar-refractivity contribution in [2.24, 2.45) is 0 Å². The van der Waals surface area contributed by atoms with Crippen LogP contribution in [0.25, 0.3) is 0 Å². The summed E-state index contributed by atoms with van der Waals surface area (Å²) < 4.78 is 11.1. The van der Waals surface area contributed by atoms with Gasteiger partial charge in [0.15, 0.2) is 11.5 Å². The molecule has 1 aromatic rings. The van der Waals surface area contributed by atoms with Crippen LogP contribution in [0.2, 0.25) is 0 Å². The van der Waals surface area contributed by atoms with Gasteiger partial charge in [-0.1, -0.05) is 48.7 Å². The largest absolute Gasteiger partial charge is 0.454 e. The Morgan fingerprint density at radius 1 is 1.11 bits per heavy atom. The molecule has 0 saturated heterocycles. The second-order valence-electron chi connectivity index (χ2n) is 5.38. The second kappa shape index (κ2) is 7.18. The number of benzene rings is 1. The maximum atomic E-state index is 5.65. The van der Waals surface area contributed by atoms with Gasteiger partial charge in [0, 0.05) is 10.9 Å². The Morgan fingerprint density at radius 3 is 2.63 bits per heavy atom. The molecule has 1 aliphatic heterocycles. The first-order valence-corrected chi connectivity index (χ1v) is 8.33. The fraction of sp³-hybridized carbons (Fsp3) is 0.625. The lowest BCUT2D eigenvalue weighted by molar-refractivity contribution is 0.173. The van der Waals surface area contributed by atoms with E-state index in [0.29, 0.717) is 12.7 Å². The third kappa shape index (κ3) is 3.65. The predicted molar refractivity (Wildman–Crippen MR) is 82.6 cm³/mol. The van der Waals surface area contributed by atoms with E-state index in [1.54, 1.807) is 0 Å². The van der Waals surface area contributed by atoms with Crippen LogP contribution < -0.4 is 9.47 Å². The average Bonchev–Trinajstić information content (AvgIpc) is 2.85. The number of alkyl halides is 1. The molecule has 0 N–H and O–H groups in total. The Hall–Kier alpha value is -0.700. The van der Waals surface area contributed by atoms with Crippen LogP contribution in [-0.4, -0.2) is 12.1 Å². The van der Waals surface area contributed by atoms with E-state index < -0.39 is 0 Å². The number of aryl methyl sites for hydroxylation is 1.